The van der Waals surface area contributed by atoms with Crippen LogP contribution >= 0.6 is 11.3 Å². The summed E-state index contributed by atoms with van der Waals surface area (Å²) in [7, 11) is 0. The number of nitrogens with two attached hydrogens (primary N) is 1. The number of aryl methyl sites for hydroxylation is 1. The minimum absolute atomic E-state index is 0.713. The van der Waals surface area contributed by atoms with Gasteiger partial charge in [-0.3, -0.25) is 0 Å². The van der Waals surface area contributed by atoms with E-state index in [2.05, 4.69) is 11.9 Å². The molecular weight excluding hydrogens is 256 g/mol. The number of hydrogen-bond donors (Lipinski definition) is 1. The normalized spacial score (nSPS) is 11.1. The number of nitrogens with zero attached hydrogens (tertiary/aromatic N) is 1. The fraction of sp³-hybridized carbons (Fsp3) is 0.533. The highest BCUT2D eigenvalue weighted by molar-refractivity contribution is 7.18. The molecule has 0 saturated heterocycles. The van der Waals surface area contributed by atoms with Gasteiger partial charge >= 0.3 is 0 Å². The second-order valence-electron chi connectivity index (χ2n) is 4.85. The second kappa shape index (κ2) is 6.75. The van der Waals surface area contributed by atoms with Gasteiger partial charge in [0.15, 0.2) is 0 Å². The molecule has 0 spiro atoms. The number of hydrogen-bond acceptors (Lipinski definition) is 4. The third kappa shape index (κ3) is 3.83. The van der Waals surface area contributed by atoms with Crippen LogP contribution in [-0.2, 0) is 0 Å². The molecule has 2 aromatic rings. The zero-order valence-electron chi connectivity index (χ0n) is 11.7. The molecular formula is C15H22N2OS. The first-order valence-electron chi connectivity index (χ1n) is 7.00. The fourth-order valence-corrected chi connectivity index (χ4v) is 2.96. The zero-order chi connectivity index (χ0) is 13.7. The number of anilines is 1. The molecule has 0 fully saturated rings. The van der Waals surface area contributed by atoms with Crippen LogP contribution in [0.2, 0.25) is 0 Å². The number of ether oxygens (including phenoxy) is 1. The quantitative estimate of drug-likeness (QED) is 0.597. The average Bonchev–Trinajstić information content (AvgIpc) is 2.72. The Bertz CT molecular complexity index is 536. The lowest BCUT2D eigenvalue weighted by atomic mass is 10.2. The predicted molar refractivity (Wildman–Crippen MR) is 83.0 cm³/mol. The van der Waals surface area contributed by atoms with E-state index in [9.17, 15) is 0 Å². The lowest BCUT2D eigenvalue weighted by Gasteiger charge is -2.08. The standard InChI is InChI=1S/C15H22N2OS/c1-3-4-5-6-7-8-18-14-10-13-15(9-12(14)16)19-11(2)17-13/h9-10H,3-8,16H2,1-2H3. The van der Waals surface area contributed by atoms with Gasteiger partial charge in [0.2, 0.25) is 0 Å². The third-order valence-electron chi connectivity index (χ3n) is 3.13. The molecule has 2 rings (SSSR count). The topological polar surface area (TPSA) is 48.1 Å². The fourth-order valence-electron chi connectivity index (χ4n) is 2.10. The molecule has 1 aromatic carbocycles. The Morgan fingerprint density at radius 3 is 2.79 bits per heavy atom. The minimum atomic E-state index is 0.713. The van der Waals surface area contributed by atoms with Crippen molar-refractivity contribution in [2.45, 2.75) is 46.0 Å². The van der Waals surface area contributed by atoms with E-state index in [0.29, 0.717) is 5.69 Å². The van der Waals surface area contributed by atoms with Gasteiger partial charge in [-0.1, -0.05) is 32.6 Å². The molecule has 3 nitrogen and oxygen atoms in total. The van der Waals surface area contributed by atoms with E-state index in [1.165, 1.54) is 25.7 Å². The summed E-state index contributed by atoms with van der Waals surface area (Å²) in [5.74, 6) is 0.772. The summed E-state index contributed by atoms with van der Waals surface area (Å²) >= 11 is 1.67. The first kappa shape index (κ1) is 14.1. The molecule has 0 amide bonds. The number of nitrogen functional groups attached to an aromatic ring is 1. The largest absolute Gasteiger partial charge is 0.491 e. The van der Waals surface area contributed by atoms with Crippen molar-refractivity contribution in [3.8, 4) is 5.75 Å². The summed E-state index contributed by atoms with van der Waals surface area (Å²) in [6, 6.07) is 3.92. The van der Waals surface area contributed by atoms with Crippen LogP contribution in [0, 0.1) is 6.92 Å². The maximum Gasteiger partial charge on any atom is 0.144 e. The zero-order valence-corrected chi connectivity index (χ0v) is 12.6. The summed E-state index contributed by atoms with van der Waals surface area (Å²) in [4.78, 5) is 4.47. The first-order chi connectivity index (χ1) is 9.20. The number of unbranched alkanes of at least 4 members (excludes halogenated alkanes) is 4. The average molecular weight is 278 g/mol. The van der Waals surface area contributed by atoms with Crippen LogP contribution in [0.5, 0.6) is 5.75 Å². The molecule has 1 heterocycles. The van der Waals surface area contributed by atoms with Gasteiger partial charge in [-0.2, -0.15) is 0 Å². The van der Waals surface area contributed by atoms with Crippen molar-refractivity contribution in [2.24, 2.45) is 0 Å². The van der Waals surface area contributed by atoms with E-state index in [1.54, 1.807) is 11.3 Å². The Hall–Kier alpha value is -1.29. The lowest BCUT2D eigenvalue weighted by molar-refractivity contribution is 0.306. The minimum Gasteiger partial charge on any atom is -0.491 e. The van der Waals surface area contributed by atoms with E-state index in [-0.39, 0.29) is 0 Å². The van der Waals surface area contributed by atoms with Crippen LogP contribution in [0.15, 0.2) is 12.1 Å². The Morgan fingerprint density at radius 2 is 2.00 bits per heavy atom. The molecule has 19 heavy (non-hydrogen) atoms. The van der Waals surface area contributed by atoms with Crippen LogP contribution in [0.1, 0.15) is 44.0 Å². The molecule has 0 aliphatic carbocycles. The van der Waals surface area contributed by atoms with Crippen LogP contribution in [0.3, 0.4) is 0 Å². The van der Waals surface area contributed by atoms with Crippen molar-refractivity contribution >= 4 is 27.2 Å². The van der Waals surface area contributed by atoms with Crippen molar-refractivity contribution in [1.29, 1.82) is 0 Å². The van der Waals surface area contributed by atoms with Crippen molar-refractivity contribution in [3.63, 3.8) is 0 Å². The summed E-state index contributed by atoms with van der Waals surface area (Å²) < 4.78 is 6.90. The van der Waals surface area contributed by atoms with Crippen molar-refractivity contribution < 1.29 is 4.74 Å². The van der Waals surface area contributed by atoms with Gasteiger partial charge in [0.25, 0.3) is 0 Å². The number of thiazole rings is 1. The van der Waals surface area contributed by atoms with Gasteiger partial charge in [0.1, 0.15) is 5.75 Å². The van der Waals surface area contributed by atoms with Crippen LogP contribution in [-0.4, -0.2) is 11.6 Å². The van der Waals surface area contributed by atoms with E-state index < -0.39 is 0 Å². The Labute approximate surface area is 118 Å². The molecule has 0 unspecified atom stereocenters. The SMILES string of the molecule is CCCCCCCOc1cc2nc(C)sc2cc1N. The molecule has 1 aromatic heterocycles. The molecule has 0 bridgehead atoms. The molecule has 0 radical (unpaired) electrons. The van der Waals surface area contributed by atoms with Crippen LogP contribution in [0.4, 0.5) is 5.69 Å². The number of rotatable bonds is 7. The number of benzene rings is 1. The number of fused-ring (bicyclic) bond motifs is 1. The lowest BCUT2D eigenvalue weighted by Crippen LogP contribution is -2.00. The summed E-state index contributed by atoms with van der Waals surface area (Å²) in [6.45, 7) is 4.97. The van der Waals surface area contributed by atoms with Gasteiger partial charge in [-0.25, -0.2) is 4.98 Å². The Morgan fingerprint density at radius 1 is 1.21 bits per heavy atom. The van der Waals surface area contributed by atoms with E-state index >= 15 is 0 Å². The van der Waals surface area contributed by atoms with Crippen molar-refractivity contribution in [1.82, 2.24) is 4.98 Å². The molecule has 0 aliphatic rings. The van der Waals surface area contributed by atoms with Crippen molar-refractivity contribution in [3.05, 3.63) is 17.1 Å². The summed E-state index contributed by atoms with van der Waals surface area (Å²) in [6.07, 6.45) is 6.19. The van der Waals surface area contributed by atoms with Gasteiger partial charge in [-0.05, 0) is 19.4 Å². The smallest absolute Gasteiger partial charge is 0.144 e. The summed E-state index contributed by atoms with van der Waals surface area (Å²) in [5, 5.41) is 1.06. The summed E-state index contributed by atoms with van der Waals surface area (Å²) in [5.41, 5.74) is 7.71. The molecule has 2 N–H and O–H groups in total. The second-order valence-corrected chi connectivity index (χ2v) is 6.09. The van der Waals surface area contributed by atoms with Crippen LogP contribution in [0.25, 0.3) is 10.2 Å². The van der Waals surface area contributed by atoms with Crippen LogP contribution < -0.4 is 10.5 Å². The maximum absolute atomic E-state index is 6.01. The van der Waals surface area contributed by atoms with Crippen molar-refractivity contribution in [2.75, 3.05) is 12.3 Å². The van der Waals surface area contributed by atoms with Gasteiger partial charge in [0, 0.05) is 6.07 Å². The molecule has 0 atom stereocenters. The molecule has 104 valence electrons. The highest BCUT2D eigenvalue weighted by Crippen LogP contribution is 2.31. The molecule has 0 saturated carbocycles. The predicted octanol–water partition coefficient (Wildman–Crippen LogP) is 4.54. The van der Waals surface area contributed by atoms with E-state index in [1.807, 2.05) is 19.1 Å². The third-order valence-corrected chi connectivity index (χ3v) is 4.07. The van der Waals surface area contributed by atoms with Gasteiger partial charge in [0.05, 0.1) is 27.5 Å². The van der Waals surface area contributed by atoms with E-state index in [4.69, 9.17) is 10.5 Å². The maximum atomic E-state index is 6.01. The monoisotopic (exact) mass is 278 g/mol. The van der Waals surface area contributed by atoms with E-state index in [0.717, 1.165) is 34.0 Å². The molecule has 4 heteroatoms. The number of aromatic nitrogens is 1. The first-order valence-corrected chi connectivity index (χ1v) is 7.82. The molecule has 0 aliphatic heterocycles. The Kier molecular flexibility index (Phi) is 5.02. The van der Waals surface area contributed by atoms with Gasteiger partial charge < -0.3 is 10.5 Å². The van der Waals surface area contributed by atoms with Gasteiger partial charge in [-0.15, -0.1) is 11.3 Å². The Balaban J connectivity index is 1.91. The highest BCUT2D eigenvalue weighted by atomic mass is 32.1. The highest BCUT2D eigenvalue weighted by Gasteiger charge is 2.07.